The summed E-state index contributed by atoms with van der Waals surface area (Å²) in [6, 6.07) is 0. The van der Waals surface area contributed by atoms with Crippen molar-refractivity contribution in [1.29, 1.82) is 0 Å². The van der Waals surface area contributed by atoms with Crippen molar-refractivity contribution in [2.45, 2.75) is 51.9 Å². The Hall–Kier alpha value is -0.810. The largest absolute Gasteiger partial charge is 0.444 e. The fourth-order valence-electron chi connectivity index (χ4n) is 2.03. The summed E-state index contributed by atoms with van der Waals surface area (Å²) in [6.45, 7) is 6.02. The molecule has 1 amide bonds. The maximum atomic E-state index is 10.8. The van der Waals surface area contributed by atoms with Crippen molar-refractivity contribution in [3.8, 4) is 0 Å². The van der Waals surface area contributed by atoms with E-state index in [1.165, 1.54) is 0 Å². The predicted octanol–water partition coefficient (Wildman–Crippen LogP) is 1.04. The van der Waals surface area contributed by atoms with Crippen LogP contribution >= 0.6 is 0 Å². The third-order valence-corrected chi connectivity index (χ3v) is 2.77. The van der Waals surface area contributed by atoms with Gasteiger partial charge in [0.2, 0.25) is 0 Å². The molecular weight excluding hydrogens is 210 g/mol. The summed E-state index contributed by atoms with van der Waals surface area (Å²) in [5, 5.41) is 9.09. The number of rotatable bonds is 2. The van der Waals surface area contributed by atoms with E-state index in [-0.39, 0.29) is 30.3 Å². The van der Waals surface area contributed by atoms with Gasteiger partial charge in [0, 0.05) is 0 Å². The van der Waals surface area contributed by atoms with E-state index < -0.39 is 6.09 Å². The molecular formula is C11H21NO4. The Labute approximate surface area is 95.9 Å². The lowest BCUT2D eigenvalue weighted by Gasteiger charge is -2.42. The monoisotopic (exact) mass is 231 g/mol. The lowest BCUT2D eigenvalue weighted by atomic mass is 9.82. The minimum Gasteiger partial charge on any atom is -0.444 e. The first kappa shape index (κ1) is 13.3. The van der Waals surface area contributed by atoms with Crippen molar-refractivity contribution in [3.05, 3.63) is 0 Å². The number of carbonyl (C=O) groups is 1. The smallest absolute Gasteiger partial charge is 0.404 e. The zero-order valence-electron chi connectivity index (χ0n) is 10.1. The van der Waals surface area contributed by atoms with Crippen LogP contribution in [0.2, 0.25) is 0 Å². The molecule has 0 aromatic rings. The molecule has 5 heteroatoms. The molecule has 0 spiro atoms. The fourth-order valence-corrected chi connectivity index (χ4v) is 2.03. The van der Waals surface area contributed by atoms with Gasteiger partial charge in [-0.25, -0.2) is 4.79 Å². The first-order chi connectivity index (χ1) is 7.34. The summed E-state index contributed by atoms with van der Waals surface area (Å²) >= 11 is 0. The van der Waals surface area contributed by atoms with Gasteiger partial charge in [-0.05, 0) is 18.3 Å². The normalized spacial score (nSPS) is 31.1. The third-order valence-electron chi connectivity index (χ3n) is 2.77. The molecule has 0 saturated carbocycles. The van der Waals surface area contributed by atoms with E-state index >= 15 is 0 Å². The molecule has 1 saturated heterocycles. The fraction of sp³-hybridized carbons (Fsp3) is 0.909. The van der Waals surface area contributed by atoms with Crippen molar-refractivity contribution in [3.63, 3.8) is 0 Å². The van der Waals surface area contributed by atoms with E-state index in [2.05, 4.69) is 0 Å². The summed E-state index contributed by atoms with van der Waals surface area (Å²) in [7, 11) is 0. The molecule has 1 heterocycles. The number of amides is 1. The van der Waals surface area contributed by atoms with Crippen molar-refractivity contribution in [2.75, 3.05) is 6.61 Å². The average Bonchev–Trinajstić information content (AvgIpc) is 2.15. The molecule has 5 nitrogen and oxygen atoms in total. The minimum absolute atomic E-state index is 0.00410. The van der Waals surface area contributed by atoms with E-state index in [1.807, 2.05) is 20.8 Å². The number of primary amides is 1. The van der Waals surface area contributed by atoms with Crippen molar-refractivity contribution in [1.82, 2.24) is 0 Å². The Morgan fingerprint density at radius 2 is 2.12 bits per heavy atom. The maximum Gasteiger partial charge on any atom is 0.404 e. The Bertz CT molecular complexity index is 249. The van der Waals surface area contributed by atoms with Crippen LogP contribution in [0, 0.1) is 5.41 Å². The molecule has 1 fully saturated rings. The quantitative estimate of drug-likeness (QED) is 0.743. The molecule has 1 aliphatic heterocycles. The van der Waals surface area contributed by atoms with Crippen LogP contribution in [0.1, 0.15) is 33.6 Å². The molecule has 16 heavy (non-hydrogen) atoms. The summed E-state index contributed by atoms with van der Waals surface area (Å²) in [5.41, 5.74) is 4.87. The number of nitrogens with two attached hydrogens (primary N) is 1. The van der Waals surface area contributed by atoms with Crippen molar-refractivity contribution in [2.24, 2.45) is 11.1 Å². The number of ether oxygens (including phenoxy) is 2. The molecule has 1 aliphatic rings. The highest BCUT2D eigenvalue weighted by Gasteiger charge is 2.40. The summed E-state index contributed by atoms with van der Waals surface area (Å²) in [6.07, 6.45) is -0.134. The van der Waals surface area contributed by atoms with E-state index in [0.717, 1.165) is 0 Å². The van der Waals surface area contributed by atoms with E-state index in [4.69, 9.17) is 20.3 Å². The molecule has 1 rings (SSSR count). The topological polar surface area (TPSA) is 81.8 Å². The van der Waals surface area contributed by atoms with Crippen molar-refractivity contribution < 1.29 is 19.4 Å². The van der Waals surface area contributed by atoms with Crippen LogP contribution in [-0.2, 0) is 9.47 Å². The highest BCUT2D eigenvalue weighted by atomic mass is 16.6. The van der Waals surface area contributed by atoms with E-state index in [0.29, 0.717) is 12.8 Å². The van der Waals surface area contributed by atoms with Crippen LogP contribution < -0.4 is 5.73 Å². The zero-order chi connectivity index (χ0) is 12.3. The second kappa shape index (κ2) is 5.01. The first-order valence-electron chi connectivity index (χ1n) is 5.57. The average molecular weight is 231 g/mol. The molecule has 0 aromatic heterocycles. The second-order valence-corrected chi connectivity index (χ2v) is 5.28. The first-order valence-corrected chi connectivity index (χ1v) is 5.57. The van der Waals surface area contributed by atoms with E-state index in [1.54, 1.807) is 0 Å². The lowest BCUT2D eigenvalue weighted by Crippen LogP contribution is -2.49. The Morgan fingerprint density at radius 3 is 2.56 bits per heavy atom. The van der Waals surface area contributed by atoms with Crippen LogP contribution in [0.5, 0.6) is 0 Å². The summed E-state index contributed by atoms with van der Waals surface area (Å²) in [5.74, 6) is 0. The van der Waals surface area contributed by atoms with Crippen LogP contribution in [0.15, 0.2) is 0 Å². The molecule has 3 N–H and O–H groups in total. The standard InChI is InChI=1S/C11H21NO4/c1-11(2,3)9-8(16-10(12)14)5-4-7(6-13)15-9/h7-9,13H,4-6H2,1-3H3,(H2,12,14)/t7?,8-,9?/m0/s1. The number of aliphatic hydroxyl groups is 1. The van der Waals surface area contributed by atoms with Gasteiger partial charge in [0.25, 0.3) is 0 Å². The molecule has 0 bridgehead atoms. The Kier molecular flexibility index (Phi) is 4.15. The van der Waals surface area contributed by atoms with Gasteiger partial charge in [-0.2, -0.15) is 0 Å². The van der Waals surface area contributed by atoms with Crippen LogP contribution in [-0.4, -0.2) is 36.1 Å². The third kappa shape index (κ3) is 3.35. The lowest BCUT2D eigenvalue weighted by molar-refractivity contribution is -0.167. The van der Waals surface area contributed by atoms with Crippen LogP contribution in [0.4, 0.5) is 4.79 Å². The van der Waals surface area contributed by atoms with Gasteiger partial charge < -0.3 is 20.3 Å². The second-order valence-electron chi connectivity index (χ2n) is 5.28. The van der Waals surface area contributed by atoms with Gasteiger partial charge >= 0.3 is 6.09 Å². The number of hydrogen-bond acceptors (Lipinski definition) is 4. The Balaban J connectivity index is 2.72. The Morgan fingerprint density at radius 1 is 1.50 bits per heavy atom. The molecule has 0 aliphatic carbocycles. The van der Waals surface area contributed by atoms with Gasteiger partial charge in [-0.15, -0.1) is 0 Å². The van der Waals surface area contributed by atoms with E-state index in [9.17, 15) is 4.79 Å². The SMILES string of the molecule is CC(C)(C)C1OC(CO)CC[C@@H]1OC(N)=O. The van der Waals surface area contributed by atoms with Crippen LogP contribution in [0.3, 0.4) is 0 Å². The molecule has 0 aromatic carbocycles. The number of carbonyl (C=O) groups excluding carboxylic acids is 1. The minimum atomic E-state index is -0.773. The number of hydrogen-bond donors (Lipinski definition) is 2. The molecule has 0 radical (unpaired) electrons. The summed E-state index contributed by atoms with van der Waals surface area (Å²) in [4.78, 5) is 10.8. The molecule has 3 atom stereocenters. The van der Waals surface area contributed by atoms with Gasteiger partial charge in [-0.3, -0.25) is 0 Å². The maximum absolute atomic E-state index is 10.8. The van der Waals surface area contributed by atoms with Gasteiger partial charge in [-0.1, -0.05) is 20.8 Å². The van der Waals surface area contributed by atoms with Crippen molar-refractivity contribution >= 4 is 6.09 Å². The molecule has 94 valence electrons. The van der Waals surface area contributed by atoms with Gasteiger partial charge in [0.15, 0.2) is 0 Å². The predicted molar refractivity (Wildman–Crippen MR) is 58.9 cm³/mol. The van der Waals surface area contributed by atoms with Crippen LogP contribution in [0.25, 0.3) is 0 Å². The van der Waals surface area contributed by atoms with Gasteiger partial charge in [0.05, 0.1) is 18.8 Å². The highest BCUT2D eigenvalue weighted by molar-refractivity contribution is 5.64. The zero-order valence-corrected chi connectivity index (χ0v) is 10.1. The highest BCUT2D eigenvalue weighted by Crippen LogP contribution is 2.33. The molecule has 2 unspecified atom stereocenters. The number of aliphatic hydroxyl groups excluding tert-OH is 1. The summed E-state index contributed by atoms with van der Waals surface area (Å²) < 4.78 is 10.8. The van der Waals surface area contributed by atoms with Gasteiger partial charge in [0.1, 0.15) is 6.10 Å².